The number of methoxy groups -OCH3 is 1. The molecule has 1 amide bonds. The molecule has 0 fully saturated rings. The molecule has 0 unspecified atom stereocenters. The number of nitrogens with one attached hydrogen (secondary N) is 1. The number of carbonyl (C=O) groups excluding carboxylic acids is 1. The van der Waals surface area contributed by atoms with E-state index in [-0.39, 0.29) is 17.4 Å². The van der Waals surface area contributed by atoms with Gasteiger partial charge in [0.15, 0.2) is 0 Å². The Hall–Kier alpha value is -2.89. The maximum absolute atomic E-state index is 11.2. The third-order valence-electron chi connectivity index (χ3n) is 2.79. The molecule has 0 radical (unpaired) electrons. The fourth-order valence-corrected chi connectivity index (χ4v) is 1.91. The molecular weight excluding hydrogens is 272 g/mol. The summed E-state index contributed by atoms with van der Waals surface area (Å²) in [5.41, 5.74) is 1.99. The van der Waals surface area contributed by atoms with Crippen molar-refractivity contribution < 1.29 is 19.4 Å². The fraction of sp³-hybridized carbons (Fsp3) is 0.133. The summed E-state index contributed by atoms with van der Waals surface area (Å²) in [7, 11) is 1.37. The minimum Gasteiger partial charge on any atom is -0.480 e. The van der Waals surface area contributed by atoms with Gasteiger partial charge in [-0.25, -0.2) is 9.78 Å². The molecule has 108 valence electrons. The van der Waals surface area contributed by atoms with Crippen molar-refractivity contribution in [1.82, 2.24) is 4.98 Å². The van der Waals surface area contributed by atoms with Crippen molar-refractivity contribution >= 4 is 17.6 Å². The van der Waals surface area contributed by atoms with Gasteiger partial charge in [-0.3, -0.25) is 4.79 Å². The largest absolute Gasteiger partial charge is 0.480 e. The Labute approximate surface area is 121 Å². The first kappa shape index (κ1) is 14.5. The van der Waals surface area contributed by atoms with E-state index in [4.69, 9.17) is 9.84 Å². The van der Waals surface area contributed by atoms with Crippen LogP contribution in [-0.2, 0) is 4.79 Å². The smallest absolute Gasteiger partial charge is 0.341 e. The van der Waals surface area contributed by atoms with Crippen molar-refractivity contribution in [2.45, 2.75) is 6.92 Å². The van der Waals surface area contributed by atoms with Gasteiger partial charge in [0.25, 0.3) is 0 Å². The van der Waals surface area contributed by atoms with Crippen LogP contribution in [0.2, 0.25) is 0 Å². The van der Waals surface area contributed by atoms with E-state index in [1.54, 1.807) is 24.3 Å². The summed E-state index contributed by atoms with van der Waals surface area (Å²) < 4.78 is 4.92. The molecule has 2 rings (SSSR count). The highest BCUT2D eigenvalue weighted by molar-refractivity contribution is 5.92. The van der Waals surface area contributed by atoms with E-state index in [2.05, 4.69) is 10.3 Å². The second kappa shape index (κ2) is 6.04. The Kier molecular flexibility index (Phi) is 4.18. The molecule has 0 aliphatic rings. The van der Waals surface area contributed by atoms with Crippen molar-refractivity contribution in [2.24, 2.45) is 0 Å². The maximum atomic E-state index is 11.2. The van der Waals surface area contributed by atoms with Crippen LogP contribution in [0.3, 0.4) is 0 Å². The van der Waals surface area contributed by atoms with E-state index in [9.17, 15) is 9.59 Å². The van der Waals surface area contributed by atoms with Crippen LogP contribution in [0.5, 0.6) is 5.88 Å². The lowest BCUT2D eigenvalue weighted by Crippen LogP contribution is -2.05. The minimum atomic E-state index is -1.11. The number of ether oxygens (including phenoxy) is 1. The van der Waals surface area contributed by atoms with Crippen LogP contribution < -0.4 is 10.1 Å². The van der Waals surface area contributed by atoms with E-state index in [1.807, 2.05) is 0 Å². The topological polar surface area (TPSA) is 88.5 Å². The molecule has 1 aromatic heterocycles. The van der Waals surface area contributed by atoms with Gasteiger partial charge in [0.05, 0.1) is 7.11 Å². The number of aromatic nitrogens is 1. The van der Waals surface area contributed by atoms with E-state index >= 15 is 0 Å². The van der Waals surface area contributed by atoms with Crippen LogP contribution in [0.1, 0.15) is 17.3 Å². The van der Waals surface area contributed by atoms with E-state index in [1.165, 1.54) is 26.3 Å². The third-order valence-corrected chi connectivity index (χ3v) is 2.79. The van der Waals surface area contributed by atoms with Crippen LogP contribution >= 0.6 is 0 Å². The van der Waals surface area contributed by atoms with E-state index in [0.717, 1.165) is 5.56 Å². The van der Waals surface area contributed by atoms with E-state index in [0.29, 0.717) is 11.3 Å². The van der Waals surface area contributed by atoms with Crippen molar-refractivity contribution in [1.29, 1.82) is 0 Å². The highest BCUT2D eigenvalue weighted by Crippen LogP contribution is 2.26. The quantitative estimate of drug-likeness (QED) is 0.901. The van der Waals surface area contributed by atoms with Crippen molar-refractivity contribution in [3.05, 3.63) is 42.1 Å². The van der Waals surface area contributed by atoms with Gasteiger partial charge in [0.2, 0.25) is 11.8 Å². The van der Waals surface area contributed by atoms with Gasteiger partial charge in [-0.1, -0.05) is 12.1 Å². The lowest BCUT2D eigenvalue weighted by Gasteiger charge is -2.08. The highest BCUT2D eigenvalue weighted by Gasteiger charge is 2.14. The zero-order chi connectivity index (χ0) is 15.4. The number of hydrogen-bond donors (Lipinski definition) is 2. The minimum absolute atomic E-state index is 0.0140. The van der Waals surface area contributed by atoms with Gasteiger partial charge in [-0.2, -0.15) is 0 Å². The maximum Gasteiger partial charge on any atom is 0.341 e. The first-order chi connectivity index (χ1) is 10.0. The molecule has 2 aromatic rings. The Bertz CT molecular complexity index is 698. The van der Waals surface area contributed by atoms with Crippen LogP contribution in [0, 0.1) is 0 Å². The standard InChI is InChI=1S/C15H14N2O4/c1-9(18)17-12-5-3-4-10(6-12)11-7-13(15(19)20)14(21-2)16-8-11/h3-8H,1-2H3,(H,17,18)(H,19,20). The molecule has 0 aliphatic heterocycles. The summed E-state index contributed by atoms with van der Waals surface area (Å²) in [4.78, 5) is 26.3. The first-order valence-corrected chi connectivity index (χ1v) is 6.16. The molecule has 0 atom stereocenters. The third kappa shape index (κ3) is 3.36. The number of benzene rings is 1. The number of rotatable bonds is 4. The predicted molar refractivity (Wildman–Crippen MR) is 77.5 cm³/mol. The average molecular weight is 286 g/mol. The van der Waals surface area contributed by atoms with Gasteiger partial charge in [0.1, 0.15) is 5.56 Å². The molecule has 6 nitrogen and oxygen atoms in total. The Balaban J connectivity index is 2.44. The Morgan fingerprint density at radius 3 is 2.62 bits per heavy atom. The molecule has 0 bridgehead atoms. The lowest BCUT2D eigenvalue weighted by atomic mass is 10.0. The number of carboxylic acid groups (broad SMARTS) is 1. The second-order valence-corrected chi connectivity index (χ2v) is 4.35. The van der Waals surface area contributed by atoms with Crippen LogP contribution in [0.15, 0.2) is 36.5 Å². The average Bonchev–Trinajstić information content (AvgIpc) is 2.46. The molecule has 1 heterocycles. The Morgan fingerprint density at radius 1 is 1.24 bits per heavy atom. The molecule has 1 aromatic carbocycles. The molecule has 0 saturated carbocycles. The normalized spacial score (nSPS) is 10.0. The molecule has 6 heteroatoms. The molecule has 0 spiro atoms. The fourth-order valence-electron chi connectivity index (χ4n) is 1.91. The monoisotopic (exact) mass is 286 g/mol. The highest BCUT2D eigenvalue weighted by atomic mass is 16.5. The number of anilines is 1. The lowest BCUT2D eigenvalue weighted by molar-refractivity contribution is -0.114. The van der Waals surface area contributed by atoms with Gasteiger partial charge in [-0.15, -0.1) is 0 Å². The van der Waals surface area contributed by atoms with Gasteiger partial charge < -0.3 is 15.2 Å². The first-order valence-electron chi connectivity index (χ1n) is 6.16. The van der Waals surface area contributed by atoms with Crippen molar-refractivity contribution in [2.75, 3.05) is 12.4 Å². The molecule has 21 heavy (non-hydrogen) atoms. The summed E-state index contributed by atoms with van der Waals surface area (Å²) in [5.74, 6) is -1.23. The zero-order valence-corrected chi connectivity index (χ0v) is 11.6. The number of amides is 1. The SMILES string of the molecule is COc1ncc(-c2cccc(NC(C)=O)c2)cc1C(=O)O. The summed E-state index contributed by atoms with van der Waals surface area (Å²) in [6.45, 7) is 1.42. The summed E-state index contributed by atoms with van der Waals surface area (Å²) in [6.07, 6.45) is 1.53. The predicted octanol–water partition coefficient (Wildman–Crippen LogP) is 2.41. The van der Waals surface area contributed by atoms with E-state index < -0.39 is 5.97 Å². The number of aromatic carboxylic acids is 1. The number of hydrogen-bond acceptors (Lipinski definition) is 4. The summed E-state index contributed by atoms with van der Waals surface area (Å²) >= 11 is 0. The van der Waals surface area contributed by atoms with Crippen LogP contribution in [0.25, 0.3) is 11.1 Å². The summed E-state index contributed by atoms with van der Waals surface area (Å²) in [6, 6.07) is 8.56. The second-order valence-electron chi connectivity index (χ2n) is 4.35. The summed E-state index contributed by atoms with van der Waals surface area (Å²) in [5, 5.41) is 11.8. The Morgan fingerprint density at radius 2 is 2.00 bits per heavy atom. The molecule has 0 aliphatic carbocycles. The van der Waals surface area contributed by atoms with Gasteiger partial charge in [0, 0.05) is 24.4 Å². The van der Waals surface area contributed by atoms with Crippen molar-refractivity contribution in [3.63, 3.8) is 0 Å². The number of nitrogens with zero attached hydrogens (tertiary/aromatic N) is 1. The number of carbonyl (C=O) groups is 2. The van der Waals surface area contributed by atoms with Gasteiger partial charge in [-0.05, 0) is 23.8 Å². The van der Waals surface area contributed by atoms with Gasteiger partial charge >= 0.3 is 5.97 Å². The number of carboxylic acids is 1. The molecule has 0 saturated heterocycles. The molecular formula is C15H14N2O4. The van der Waals surface area contributed by atoms with Crippen LogP contribution in [-0.4, -0.2) is 29.1 Å². The number of pyridine rings is 1. The zero-order valence-electron chi connectivity index (χ0n) is 11.6. The molecule has 2 N–H and O–H groups in total. The van der Waals surface area contributed by atoms with Crippen LogP contribution in [0.4, 0.5) is 5.69 Å². The van der Waals surface area contributed by atoms with Crippen molar-refractivity contribution in [3.8, 4) is 17.0 Å².